The maximum absolute atomic E-state index is 12.8. The number of furan rings is 1. The van der Waals surface area contributed by atoms with Gasteiger partial charge in [-0.2, -0.15) is 13.2 Å². The first-order valence-electron chi connectivity index (χ1n) is 8.93. The Hall–Kier alpha value is -3.02. The molecule has 0 aliphatic heterocycles. The van der Waals surface area contributed by atoms with E-state index in [-0.39, 0.29) is 12.3 Å². The number of alkyl halides is 3. The van der Waals surface area contributed by atoms with Gasteiger partial charge in [-0.25, -0.2) is 0 Å². The Bertz CT molecular complexity index is 932. The lowest BCUT2D eigenvalue weighted by Gasteiger charge is -2.16. The zero-order chi connectivity index (χ0) is 20.1. The number of amides is 1. The van der Waals surface area contributed by atoms with Gasteiger partial charge in [0, 0.05) is 18.4 Å². The van der Waals surface area contributed by atoms with Gasteiger partial charge in [-0.15, -0.1) is 0 Å². The van der Waals surface area contributed by atoms with Crippen LogP contribution in [0.4, 0.5) is 13.2 Å². The number of hydrogen-bond donors (Lipinski definition) is 1. The van der Waals surface area contributed by atoms with Crippen molar-refractivity contribution in [1.29, 1.82) is 0 Å². The van der Waals surface area contributed by atoms with Gasteiger partial charge < -0.3 is 9.73 Å². The minimum atomic E-state index is -4.41. The molecule has 1 amide bonds. The van der Waals surface area contributed by atoms with Crippen molar-refractivity contribution in [2.75, 3.05) is 0 Å². The third-order valence-electron chi connectivity index (χ3n) is 4.41. The van der Waals surface area contributed by atoms with Crippen molar-refractivity contribution in [3.05, 3.63) is 83.6 Å². The van der Waals surface area contributed by atoms with Crippen LogP contribution in [0.5, 0.6) is 0 Å². The quantitative estimate of drug-likeness (QED) is 0.583. The standard InChI is InChI=1S/C22H20F3NO2/c1-15(17-8-5-9-18(14-17)22(23,24)25)26-21(27)13-11-19-10-12-20(28-19)16-6-3-2-4-7-16/h2-10,12,14-15H,11,13H2,1H3,(H,26,27). The van der Waals surface area contributed by atoms with Crippen molar-refractivity contribution in [1.82, 2.24) is 5.32 Å². The molecule has 0 bridgehead atoms. The van der Waals surface area contributed by atoms with Gasteiger partial charge in [0.05, 0.1) is 11.6 Å². The molecule has 6 heteroatoms. The van der Waals surface area contributed by atoms with Crippen LogP contribution >= 0.6 is 0 Å². The molecule has 146 valence electrons. The summed E-state index contributed by atoms with van der Waals surface area (Å²) in [6.45, 7) is 1.66. The van der Waals surface area contributed by atoms with Crippen LogP contribution in [0.2, 0.25) is 0 Å². The summed E-state index contributed by atoms with van der Waals surface area (Å²) in [6.07, 6.45) is -3.81. The molecule has 3 rings (SSSR count). The van der Waals surface area contributed by atoms with E-state index in [9.17, 15) is 18.0 Å². The van der Waals surface area contributed by atoms with Crippen LogP contribution in [0.25, 0.3) is 11.3 Å². The zero-order valence-corrected chi connectivity index (χ0v) is 15.3. The molecule has 1 unspecified atom stereocenters. The topological polar surface area (TPSA) is 42.2 Å². The van der Waals surface area contributed by atoms with Gasteiger partial charge in [0.1, 0.15) is 11.5 Å². The van der Waals surface area contributed by atoms with Gasteiger partial charge in [-0.3, -0.25) is 4.79 Å². The Balaban J connectivity index is 1.55. The highest BCUT2D eigenvalue weighted by Gasteiger charge is 2.30. The highest BCUT2D eigenvalue weighted by atomic mass is 19.4. The summed E-state index contributed by atoms with van der Waals surface area (Å²) < 4.78 is 44.2. The predicted octanol–water partition coefficient (Wildman–Crippen LogP) is 5.78. The molecule has 2 aromatic carbocycles. The van der Waals surface area contributed by atoms with E-state index in [4.69, 9.17) is 4.42 Å². The van der Waals surface area contributed by atoms with Crippen LogP contribution in [0.1, 0.15) is 36.3 Å². The van der Waals surface area contributed by atoms with E-state index in [0.29, 0.717) is 17.7 Å². The molecule has 1 aromatic heterocycles. The lowest BCUT2D eigenvalue weighted by atomic mass is 10.0. The van der Waals surface area contributed by atoms with E-state index >= 15 is 0 Å². The molecule has 0 saturated carbocycles. The molecule has 3 nitrogen and oxygen atoms in total. The van der Waals surface area contributed by atoms with Gasteiger partial charge in [-0.1, -0.05) is 42.5 Å². The van der Waals surface area contributed by atoms with Crippen LogP contribution in [-0.2, 0) is 17.4 Å². The van der Waals surface area contributed by atoms with E-state index in [0.717, 1.165) is 23.5 Å². The number of benzene rings is 2. The summed E-state index contributed by atoms with van der Waals surface area (Å²) in [7, 11) is 0. The van der Waals surface area contributed by atoms with Gasteiger partial charge in [0.15, 0.2) is 0 Å². The highest BCUT2D eigenvalue weighted by Crippen LogP contribution is 2.30. The Kier molecular flexibility index (Phi) is 5.87. The number of hydrogen-bond acceptors (Lipinski definition) is 2. The fourth-order valence-electron chi connectivity index (χ4n) is 2.89. The van der Waals surface area contributed by atoms with Crippen molar-refractivity contribution in [2.24, 2.45) is 0 Å². The molecule has 3 aromatic rings. The average Bonchev–Trinajstić information content (AvgIpc) is 3.15. The van der Waals surface area contributed by atoms with Gasteiger partial charge in [0.2, 0.25) is 5.91 Å². The second-order valence-corrected chi connectivity index (χ2v) is 6.54. The zero-order valence-electron chi connectivity index (χ0n) is 15.3. The van der Waals surface area contributed by atoms with E-state index < -0.39 is 17.8 Å². The van der Waals surface area contributed by atoms with E-state index in [1.54, 1.807) is 13.0 Å². The molecule has 1 heterocycles. The first kappa shape index (κ1) is 19.7. The van der Waals surface area contributed by atoms with Crippen LogP contribution in [0.15, 0.2) is 71.1 Å². The van der Waals surface area contributed by atoms with Gasteiger partial charge in [0.25, 0.3) is 0 Å². The Labute approximate surface area is 161 Å². The van der Waals surface area contributed by atoms with Crippen molar-refractivity contribution >= 4 is 5.91 Å². The summed E-state index contributed by atoms with van der Waals surface area (Å²) >= 11 is 0. The van der Waals surface area contributed by atoms with Crippen molar-refractivity contribution in [3.8, 4) is 11.3 Å². The predicted molar refractivity (Wildman–Crippen MR) is 100 cm³/mol. The number of carbonyl (C=O) groups excluding carboxylic acids is 1. The molecule has 0 saturated heterocycles. The van der Waals surface area contributed by atoms with Crippen molar-refractivity contribution < 1.29 is 22.4 Å². The number of halogens is 3. The maximum Gasteiger partial charge on any atom is 0.416 e. The third kappa shape index (κ3) is 5.03. The minimum Gasteiger partial charge on any atom is -0.461 e. The fraction of sp³-hybridized carbons (Fsp3) is 0.227. The first-order chi connectivity index (χ1) is 13.3. The SMILES string of the molecule is CC(NC(=O)CCc1ccc(-c2ccccc2)o1)c1cccc(C(F)(F)F)c1. The largest absolute Gasteiger partial charge is 0.461 e. The fourth-order valence-corrected chi connectivity index (χ4v) is 2.89. The van der Waals surface area contributed by atoms with Crippen LogP contribution in [0, 0.1) is 0 Å². The lowest BCUT2D eigenvalue weighted by molar-refractivity contribution is -0.137. The number of rotatable bonds is 6. The van der Waals surface area contributed by atoms with E-state index in [1.165, 1.54) is 6.07 Å². The third-order valence-corrected chi connectivity index (χ3v) is 4.41. The van der Waals surface area contributed by atoms with E-state index in [2.05, 4.69) is 5.32 Å². The van der Waals surface area contributed by atoms with Gasteiger partial charge >= 0.3 is 6.18 Å². The Morgan fingerprint density at radius 2 is 1.79 bits per heavy atom. The molecule has 1 N–H and O–H groups in total. The summed E-state index contributed by atoms with van der Waals surface area (Å²) in [5.41, 5.74) is 0.638. The molecule has 1 atom stereocenters. The summed E-state index contributed by atoms with van der Waals surface area (Å²) in [5, 5.41) is 2.74. The maximum atomic E-state index is 12.8. The lowest BCUT2D eigenvalue weighted by Crippen LogP contribution is -2.27. The molecule has 0 radical (unpaired) electrons. The Morgan fingerprint density at radius 1 is 1.04 bits per heavy atom. The van der Waals surface area contributed by atoms with Gasteiger partial charge in [-0.05, 0) is 36.8 Å². The second kappa shape index (κ2) is 8.33. The second-order valence-electron chi connectivity index (χ2n) is 6.54. The monoisotopic (exact) mass is 387 g/mol. The molecule has 0 spiro atoms. The van der Waals surface area contributed by atoms with Crippen molar-refractivity contribution in [2.45, 2.75) is 32.0 Å². The molecule has 28 heavy (non-hydrogen) atoms. The van der Waals surface area contributed by atoms with Crippen LogP contribution in [-0.4, -0.2) is 5.91 Å². The number of carbonyl (C=O) groups is 1. The average molecular weight is 387 g/mol. The van der Waals surface area contributed by atoms with Crippen LogP contribution in [0.3, 0.4) is 0 Å². The Morgan fingerprint density at radius 3 is 2.50 bits per heavy atom. The summed E-state index contributed by atoms with van der Waals surface area (Å²) in [4.78, 5) is 12.2. The molecule has 0 fully saturated rings. The highest BCUT2D eigenvalue weighted by molar-refractivity contribution is 5.76. The van der Waals surface area contributed by atoms with E-state index in [1.807, 2.05) is 42.5 Å². The number of nitrogens with one attached hydrogen (secondary N) is 1. The smallest absolute Gasteiger partial charge is 0.416 e. The molecular weight excluding hydrogens is 367 g/mol. The molecule has 0 aliphatic rings. The summed E-state index contributed by atoms with van der Waals surface area (Å²) in [5.74, 6) is 1.16. The summed E-state index contributed by atoms with van der Waals surface area (Å²) in [6, 6.07) is 17.8. The first-order valence-corrected chi connectivity index (χ1v) is 8.93. The normalized spacial score (nSPS) is 12.6. The molecule has 0 aliphatic carbocycles. The minimum absolute atomic E-state index is 0.186. The van der Waals surface area contributed by atoms with Crippen molar-refractivity contribution in [3.63, 3.8) is 0 Å². The number of aryl methyl sites for hydroxylation is 1. The van der Waals surface area contributed by atoms with Crippen LogP contribution < -0.4 is 5.32 Å². The molecular formula is C22H20F3NO2.